The van der Waals surface area contributed by atoms with Crippen LogP contribution in [0.25, 0.3) is 0 Å². The molecule has 8 heteroatoms. The lowest BCUT2D eigenvalue weighted by Crippen LogP contribution is -2.31. The molecule has 0 spiro atoms. The first-order valence-corrected chi connectivity index (χ1v) is 9.54. The van der Waals surface area contributed by atoms with E-state index in [-0.39, 0.29) is 5.91 Å². The third kappa shape index (κ3) is 4.57. The van der Waals surface area contributed by atoms with E-state index in [9.17, 15) is 4.79 Å². The normalized spacial score (nSPS) is 21.2. The van der Waals surface area contributed by atoms with Gasteiger partial charge in [0.05, 0.1) is 6.20 Å². The maximum absolute atomic E-state index is 11.9. The minimum absolute atomic E-state index is 0.168. The fourth-order valence-corrected chi connectivity index (χ4v) is 3.75. The van der Waals surface area contributed by atoms with Gasteiger partial charge in [0, 0.05) is 12.6 Å². The number of fused-ring (bicyclic) bond motifs is 1. The molecule has 2 aliphatic rings. The minimum Gasteiger partial charge on any atom is -0.486 e. The molecule has 2 heterocycles. The van der Waals surface area contributed by atoms with Crippen molar-refractivity contribution in [1.82, 2.24) is 26.0 Å². The lowest BCUT2D eigenvalue weighted by Gasteiger charge is -2.19. The van der Waals surface area contributed by atoms with Crippen LogP contribution in [0.15, 0.2) is 24.4 Å². The van der Waals surface area contributed by atoms with Gasteiger partial charge in [-0.25, -0.2) is 0 Å². The Hall–Kier alpha value is -2.61. The molecule has 2 atom stereocenters. The van der Waals surface area contributed by atoms with E-state index in [2.05, 4.69) is 38.2 Å². The quantitative estimate of drug-likeness (QED) is 0.678. The Morgan fingerprint density at radius 1 is 1.22 bits per heavy atom. The molecule has 27 heavy (non-hydrogen) atoms. The lowest BCUT2D eigenvalue weighted by atomic mass is 10.1. The number of rotatable bonds is 7. The van der Waals surface area contributed by atoms with E-state index in [1.54, 1.807) is 0 Å². The smallest absolute Gasteiger partial charge is 0.273 e. The second kappa shape index (κ2) is 8.39. The van der Waals surface area contributed by atoms with Crippen LogP contribution in [-0.2, 0) is 6.42 Å². The molecule has 0 radical (unpaired) electrons. The largest absolute Gasteiger partial charge is 0.486 e. The molecule has 1 aliphatic carbocycles. The summed E-state index contributed by atoms with van der Waals surface area (Å²) >= 11 is 0. The minimum atomic E-state index is -0.168. The average Bonchev–Trinajstić information content (AvgIpc) is 3.38. The third-order valence-electron chi connectivity index (χ3n) is 5.19. The van der Waals surface area contributed by atoms with Gasteiger partial charge in [0.1, 0.15) is 13.2 Å². The standard InChI is InChI=1S/C19H25N5O3/c25-19(16-12-22-24-23-16)21-11-14-1-3-15(9-14)20-6-5-13-2-4-17-18(10-13)27-8-7-26-17/h2,4,10,12,14-15,20H,1,3,5-9,11H2,(H,21,25)(H,22,23,24)/t14-,15+/m1/s1. The van der Waals surface area contributed by atoms with E-state index in [1.807, 2.05) is 6.07 Å². The Balaban J connectivity index is 1.16. The first-order chi connectivity index (χ1) is 13.3. The van der Waals surface area contributed by atoms with Crippen LogP contribution in [0.4, 0.5) is 0 Å². The number of hydrogen-bond donors (Lipinski definition) is 3. The van der Waals surface area contributed by atoms with Crippen molar-refractivity contribution in [2.45, 2.75) is 31.7 Å². The highest BCUT2D eigenvalue weighted by Gasteiger charge is 2.25. The average molecular weight is 371 g/mol. The highest BCUT2D eigenvalue weighted by atomic mass is 16.6. The number of benzene rings is 1. The molecule has 4 rings (SSSR count). The number of aromatic amines is 1. The van der Waals surface area contributed by atoms with Crippen LogP contribution in [0.3, 0.4) is 0 Å². The molecule has 0 unspecified atom stereocenters. The summed E-state index contributed by atoms with van der Waals surface area (Å²) in [6, 6.07) is 6.68. The molecular formula is C19H25N5O3. The molecule has 2 aromatic rings. The van der Waals surface area contributed by atoms with Crippen LogP contribution in [0.1, 0.15) is 35.3 Å². The number of nitrogens with zero attached hydrogens (tertiary/aromatic N) is 2. The fraction of sp³-hybridized carbons (Fsp3) is 0.526. The molecule has 1 aromatic heterocycles. The highest BCUT2D eigenvalue weighted by Crippen LogP contribution is 2.31. The fourth-order valence-electron chi connectivity index (χ4n) is 3.75. The van der Waals surface area contributed by atoms with Gasteiger partial charge in [0.25, 0.3) is 5.91 Å². The summed E-state index contributed by atoms with van der Waals surface area (Å²) in [7, 11) is 0. The molecule has 144 valence electrons. The maximum atomic E-state index is 11.9. The Morgan fingerprint density at radius 2 is 2.11 bits per heavy atom. The molecular weight excluding hydrogens is 346 g/mol. The van der Waals surface area contributed by atoms with Crippen LogP contribution in [-0.4, -0.2) is 53.7 Å². The zero-order valence-electron chi connectivity index (χ0n) is 15.2. The first-order valence-electron chi connectivity index (χ1n) is 9.54. The topological polar surface area (TPSA) is 101 Å². The van der Waals surface area contributed by atoms with Crippen LogP contribution in [0.2, 0.25) is 0 Å². The summed E-state index contributed by atoms with van der Waals surface area (Å²) in [6.45, 7) is 2.86. The van der Waals surface area contributed by atoms with Gasteiger partial charge in [0.15, 0.2) is 17.2 Å². The molecule has 8 nitrogen and oxygen atoms in total. The SMILES string of the molecule is O=C(NC[C@@H]1CC[C@H](NCCc2ccc3c(c2)OCCO3)C1)c1cn[nH]n1. The van der Waals surface area contributed by atoms with Crippen molar-refractivity contribution in [3.63, 3.8) is 0 Å². The summed E-state index contributed by atoms with van der Waals surface area (Å²) in [5.41, 5.74) is 1.59. The monoisotopic (exact) mass is 371 g/mol. The van der Waals surface area contributed by atoms with Crippen LogP contribution in [0, 0.1) is 5.92 Å². The zero-order valence-corrected chi connectivity index (χ0v) is 15.2. The van der Waals surface area contributed by atoms with Crippen molar-refractivity contribution in [1.29, 1.82) is 0 Å². The number of aromatic nitrogens is 3. The van der Waals surface area contributed by atoms with Crippen molar-refractivity contribution in [3.05, 3.63) is 35.7 Å². The Kier molecular flexibility index (Phi) is 5.53. The van der Waals surface area contributed by atoms with E-state index in [4.69, 9.17) is 9.47 Å². The maximum Gasteiger partial charge on any atom is 0.273 e. The summed E-state index contributed by atoms with van der Waals surface area (Å²) in [5.74, 6) is 2.03. The van der Waals surface area contributed by atoms with E-state index < -0.39 is 0 Å². The van der Waals surface area contributed by atoms with Gasteiger partial charge < -0.3 is 20.1 Å². The Morgan fingerprint density at radius 3 is 2.96 bits per heavy atom. The number of hydrogen-bond acceptors (Lipinski definition) is 6. The molecule has 0 bridgehead atoms. The molecule has 1 amide bonds. The molecule has 1 aromatic carbocycles. The lowest BCUT2D eigenvalue weighted by molar-refractivity contribution is 0.0942. The van der Waals surface area contributed by atoms with Crippen molar-refractivity contribution in [2.75, 3.05) is 26.3 Å². The number of ether oxygens (including phenoxy) is 2. The van der Waals surface area contributed by atoms with Gasteiger partial charge in [-0.3, -0.25) is 4.79 Å². The van der Waals surface area contributed by atoms with Gasteiger partial charge in [0.2, 0.25) is 0 Å². The number of nitrogens with one attached hydrogen (secondary N) is 3. The van der Waals surface area contributed by atoms with Crippen LogP contribution >= 0.6 is 0 Å². The molecule has 1 saturated carbocycles. The third-order valence-corrected chi connectivity index (χ3v) is 5.19. The number of carbonyl (C=O) groups excluding carboxylic acids is 1. The van der Waals surface area contributed by atoms with Gasteiger partial charge in [-0.1, -0.05) is 6.07 Å². The first kappa shape index (κ1) is 17.8. The van der Waals surface area contributed by atoms with E-state index in [0.29, 0.717) is 37.4 Å². The summed E-state index contributed by atoms with van der Waals surface area (Å²) in [6.07, 6.45) is 5.75. The number of carbonyl (C=O) groups is 1. The molecule has 3 N–H and O–H groups in total. The van der Waals surface area contributed by atoms with Crippen LogP contribution < -0.4 is 20.1 Å². The van der Waals surface area contributed by atoms with Crippen molar-refractivity contribution >= 4 is 5.91 Å². The van der Waals surface area contributed by atoms with Crippen LogP contribution in [0.5, 0.6) is 11.5 Å². The zero-order chi connectivity index (χ0) is 18.5. The predicted octanol–water partition coefficient (Wildman–Crippen LogP) is 1.31. The van der Waals surface area contributed by atoms with Gasteiger partial charge >= 0.3 is 0 Å². The van der Waals surface area contributed by atoms with Crippen molar-refractivity contribution in [2.24, 2.45) is 5.92 Å². The Labute approximate surface area is 158 Å². The summed E-state index contributed by atoms with van der Waals surface area (Å²) in [4.78, 5) is 11.9. The van der Waals surface area contributed by atoms with Gasteiger partial charge in [-0.2, -0.15) is 15.4 Å². The number of amides is 1. The Bertz CT molecular complexity index is 765. The molecule has 1 aliphatic heterocycles. The van der Waals surface area contributed by atoms with E-state index in [0.717, 1.165) is 43.7 Å². The van der Waals surface area contributed by atoms with E-state index >= 15 is 0 Å². The van der Waals surface area contributed by atoms with Gasteiger partial charge in [-0.05, 0) is 55.8 Å². The second-order valence-corrected chi connectivity index (χ2v) is 7.12. The predicted molar refractivity (Wildman–Crippen MR) is 99.0 cm³/mol. The van der Waals surface area contributed by atoms with Crippen molar-refractivity contribution < 1.29 is 14.3 Å². The van der Waals surface area contributed by atoms with Gasteiger partial charge in [-0.15, -0.1) is 0 Å². The second-order valence-electron chi connectivity index (χ2n) is 7.12. The van der Waals surface area contributed by atoms with E-state index in [1.165, 1.54) is 11.8 Å². The van der Waals surface area contributed by atoms with Crippen molar-refractivity contribution in [3.8, 4) is 11.5 Å². The summed E-state index contributed by atoms with van der Waals surface area (Å²) < 4.78 is 11.2. The molecule has 1 fully saturated rings. The summed E-state index contributed by atoms with van der Waals surface area (Å²) in [5, 5.41) is 16.5. The molecule has 0 saturated heterocycles. The number of H-pyrrole nitrogens is 1. The highest BCUT2D eigenvalue weighted by molar-refractivity contribution is 5.91.